The molecular formula is C10H24N2O2. The molecule has 0 saturated carbocycles. The van der Waals surface area contributed by atoms with E-state index in [-0.39, 0.29) is 5.54 Å². The van der Waals surface area contributed by atoms with Crippen molar-refractivity contribution in [1.82, 2.24) is 10.2 Å². The van der Waals surface area contributed by atoms with Gasteiger partial charge in [-0.2, -0.15) is 0 Å². The van der Waals surface area contributed by atoms with Crippen LogP contribution in [-0.4, -0.2) is 62.6 Å². The lowest BCUT2D eigenvalue weighted by molar-refractivity contribution is 0.0617. The minimum Gasteiger partial charge on any atom is -0.389 e. The number of aliphatic hydroxyl groups is 1. The fraction of sp³-hybridized carbons (Fsp3) is 1.00. The molecule has 0 aliphatic heterocycles. The minimum absolute atomic E-state index is 0.104. The Morgan fingerprint density at radius 1 is 1.43 bits per heavy atom. The molecule has 0 heterocycles. The summed E-state index contributed by atoms with van der Waals surface area (Å²) >= 11 is 0. The second-order valence-electron chi connectivity index (χ2n) is 4.45. The summed E-state index contributed by atoms with van der Waals surface area (Å²) in [6.07, 6.45) is -0.419. The highest BCUT2D eigenvalue weighted by Gasteiger charge is 2.19. The van der Waals surface area contributed by atoms with Crippen molar-refractivity contribution in [3.63, 3.8) is 0 Å². The van der Waals surface area contributed by atoms with Crippen LogP contribution in [0.25, 0.3) is 0 Å². The monoisotopic (exact) mass is 204 g/mol. The summed E-state index contributed by atoms with van der Waals surface area (Å²) in [5.41, 5.74) is 0.104. The molecule has 0 radical (unpaired) electrons. The average Bonchev–Trinajstić information content (AvgIpc) is 2.04. The Labute approximate surface area is 87.2 Å². The van der Waals surface area contributed by atoms with Crippen molar-refractivity contribution in [1.29, 1.82) is 0 Å². The number of hydrogen-bond acceptors (Lipinski definition) is 4. The van der Waals surface area contributed by atoms with Crippen LogP contribution >= 0.6 is 0 Å². The molecule has 4 heteroatoms. The van der Waals surface area contributed by atoms with E-state index in [9.17, 15) is 5.11 Å². The fourth-order valence-corrected chi connectivity index (χ4v) is 0.954. The van der Waals surface area contributed by atoms with Gasteiger partial charge in [-0.05, 0) is 27.9 Å². The van der Waals surface area contributed by atoms with Crippen molar-refractivity contribution in [2.24, 2.45) is 0 Å². The molecule has 4 nitrogen and oxygen atoms in total. The summed E-state index contributed by atoms with van der Waals surface area (Å²) in [4.78, 5) is 2.16. The molecule has 0 saturated heterocycles. The molecule has 0 amide bonds. The molecule has 86 valence electrons. The van der Waals surface area contributed by atoms with Crippen LogP contribution in [-0.2, 0) is 4.74 Å². The quantitative estimate of drug-likeness (QED) is 0.609. The van der Waals surface area contributed by atoms with Gasteiger partial charge in [-0.25, -0.2) is 0 Å². The highest BCUT2D eigenvalue weighted by atomic mass is 16.5. The van der Waals surface area contributed by atoms with Crippen molar-refractivity contribution in [2.45, 2.75) is 25.5 Å². The number of rotatable bonds is 7. The molecule has 0 aromatic rings. The molecule has 14 heavy (non-hydrogen) atoms. The Balaban J connectivity index is 3.62. The van der Waals surface area contributed by atoms with E-state index in [1.165, 1.54) is 0 Å². The molecule has 0 aliphatic rings. The summed E-state index contributed by atoms with van der Waals surface area (Å²) in [5.74, 6) is 0. The molecule has 0 bridgehead atoms. The predicted octanol–water partition coefficient (Wildman–Crippen LogP) is -0.0765. The van der Waals surface area contributed by atoms with Gasteiger partial charge in [-0.15, -0.1) is 0 Å². The van der Waals surface area contributed by atoms with Gasteiger partial charge >= 0.3 is 0 Å². The van der Waals surface area contributed by atoms with Gasteiger partial charge in [-0.3, -0.25) is 0 Å². The standard InChI is InChI=1S/C10H24N2O2/c1-10(2,12(3)4)8-11-6-9(13)7-14-5/h9,11,13H,6-8H2,1-5H3. The maximum atomic E-state index is 9.38. The van der Waals surface area contributed by atoms with Gasteiger partial charge in [0.05, 0.1) is 12.7 Å². The van der Waals surface area contributed by atoms with E-state index < -0.39 is 6.10 Å². The Morgan fingerprint density at radius 2 is 2.00 bits per heavy atom. The van der Waals surface area contributed by atoms with Crippen LogP contribution < -0.4 is 5.32 Å². The van der Waals surface area contributed by atoms with Crippen LogP contribution in [0.5, 0.6) is 0 Å². The van der Waals surface area contributed by atoms with E-state index in [4.69, 9.17) is 4.74 Å². The van der Waals surface area contributed by atoms with Gasteiger partial charge in [0.25, 0.3) is 0 Å². The number of methoxy groups -OCH3 is 1. The van der Waals surface area contributed by atoms with E-state index in [1.54, 1.807) is 7.11 Å². The number of ether oxygens (including phenoxy) is 1. The summed E-state index contributed by atoms with van der Waals surface area (Å²) in [6.45, 7) is 6.12. The number of nitrogens with one attached hydrogen (secondary N) is 1. The molecule has 0 aromatic heterocycles. The van der Waals surface area contributed by atoms with E-state index in [0.29, 0.717) is 13.2 Å². The average molecular weight is 204 g/mol. The first-order valence-corrected chi connectivity index (χ1v) is 4.95. The second-order valence-corrected chi connectivity index (χ2v) is 4.45. The highest BCUT2D eigenvalue weighted by molar-refractivity contribution is 4.80. The van der Waals surface area contributed by atoms with Crippen molar-refractivity contribution in [2.75, 3.05) is 40.9 Å². The van der Waals surface area contributed by atoms with Gasteiger partial charge < -0.3 is 20.1 Å². The number of nitrogens with zero attached hydrogens (tertiary/aromatic N) is 1. The largest absolute Gasteiger partial charge is 0.389 e. The van der Waals surface area contributed by atoms with Crippen LogP contribution in [0.3, 0.4) is 0 Å². The lowest BCUT2D eigenvalue weighted by Gasteiger charge is -2.33. The van der Waals surface area contributed by atoms with Gasteiger partial charge in [0.1, 0.15) is 0 Å². The summed E-state index contributed by atoms with van der Waals surface area (Å²) in [7, 11) is 5.69. The topological polar surface area (TPSA) is 44.7 Å². The van der Waals surface area contributed by atoms with Gasteiger partial charge in [0, 0.05) is 25.7 Å². The zero-order valence-electron chi connectivity index (χ0n) is 10.0. The van der Waals surface area contributed by atoms with Gasteiger partial charge in [-0.1, -0.05) is 0 Å². The van der Waals surface area contributed by atoms with Crippen molar-refractivity contribution in [3.8, 4) is 0 Å². The van der Waals surface area contributed by atoms with Crippen molar-refractivity contribution < 1.29 is 9.84 Å². The van der Waals surface area contributed by atoms with Crippen LogP contribution in [0, 0.1) is 0 Å². The van der Waals surface area contributed by atoms with Crippen LogP contribution in [0.1, 0.15) is 13.8 Å². The molecule has 0 rings (SSSR count). The van der Waals surface area contributed by atoms with Crippen LogP contribution in [0.15, 0.2) is 0 Å². The highest BCUT2D eigenvalue weighted by Crippen LogP contribution is 2.07. The fourth-order valence-electron chi connectivity index (χ4n) is 0.954. The zero-order valence-corrected chi connectivity index (χ0v) is 10.0. The maximum absolute atomic E-state index is 9.38. The second kappa shape index (κ2) is 6.35. The normalized spacial score (nSPS) is 14.8. The Morgan fingerprint density at radius 3 is 2.43 bits per heavy atom. The van der Waals surface area contributed by atoms with E-state index in [1.807, 2.05) is 14.1 Å². The Hall–Kier alpha value is -0.160. The SMILES string of the molecule is COCC(O)CNCC(C)(C)N(C)C. The van der Waals surface area contributed by atoms with Gasteiger partial charge in [0.2, 0.25) is 0 Å². The summed E-state index contributed by atoms with van der Waals surface area (Å²) < 4.78 is 4.83. The maximum Gasteiger partial charge on any atom is 0.0897 e. The lowest BCUT2D eigenvalue weighted by Crippen LogP contribution is -2.48. The van der Waals surface area contributed by atoms with E-state index >= 15 is 0 Å². The molecule has 1 unspecified atom stereocenters. The summed E-state index contributed by atoms with van der Waals surface area (Å²) in [5, 5.41) is 12.6. The molecule has 0 aliphatic carbocycles. The van der Waals surface area contributed by atoms with Crippen LogP contribution in [0.4, 0.5) is 0 Å². The lowest BCUT2D eigenvalue weighted by atomic mass is 10.0. The first-order chi connectivity index (χ1) is 6.40. The summed E-state index contributed by atoms with van der Waals surface area (Å²) in [6, 6.07) is 0. The van der Waals surface area contributed by atoms with Crippen LogP contribution in [0.2, 0.25) is 0 Å². The molecule has 2 N–H and O–H groups in total. The first kappa shape index (κ1) is 13.8. The number of hydrogen-bond donors (Lipinski definition) is 2. The third kappa shape index (κ3) is 5.54. The smallest absolute Gasteiger partial charge is 0.0897 e. The van der Waals surface area contributed by atoms with Crippen molar-refractivity contribution >= 4 is 0 Å². The molecule has 1 atom stereocenters. The minimum atomic E-state index is -0.419. The molecule has 0 aromatic carbocycles. The van der Waals surface area contributed by atoms with E-state index in [2.05, 4.69) is 24.1 Å². The molecular weight excluding hydrogens is 180 g/mol. The first-order valence-electron chi connectivity index (χ1n) is 4.95. The third-order valence-corrected chi connectivity index (χ3v) is 2.51. The Kier molecular flexibility index (Phi) is 6.27. The van der Waals surface area contributed by atoms with Crippen molar-refractivity contribution in [3.05, 3.63) is 0 Å². The van der Waals surface area contributed by atoms with E-state index in [0.717, 1.165) is 6.54 Å². The number of likely N-dealkylation sites (N-methyl/N-ethyl adjacent to an activating group) is 1. The predicted molar refractivity (Wildman–Crippen MR) is 58.5 cm³/mol. The van der Waals surface area contributed by atoms with Gasteiger partial charge in [0.15, 0.2) is 0 Å². The number of aliphatic hydroxyl groups excluding tert-OH is 1. The zero-order chi connectivity index (χ0) is 11.2. The third-order valence-electron chi connectivity index (χ3n) is 2.51. The molecule has 0 spiro atoms. The Bertz CT molecular complexity index is 149. The molecule has 0 fully saturated rings.